The fourth-order valence-electron chi connectivity index (χ4n) is 0.830. The van der Waals surface area contributed by atoms with E-state index >= 15 is 0 Å². The molecule has 1 unspecified atom stereocenters. The molecule has 0 aliphatic heterocycles. The van der Waals surface area contributed by atoms with Crippen molar-refractivity contribution in [3.05, 3.63) is 31.4 Å². The minimum atomic E-state index is -0.0677. The Bertz CT molecular complexity index is 306. The molecule has 0 saturated carbocycles. The lowest BCUT2D eigenvalue weighted by atomic mass is 10.1. The summed E-state index contributed by atoms with van der Waals surface area (Å²) >= 11 is 8.48. The van der Waals surface area contributed by atoms with Crippen LogP contribution in [-0.2, 0) is 0 Å². The minimum Gasteiger partial charge on any atom is -0.321 e. The van der Waals surface area contributed by atoms with Crippen LogP contribution in [0.3, 0.4) is 0 Å². The summed E-state index contributed by atoms with van der Waals surface area (Å²) in [5, 5.41) is 0. The van der Waals surface area contributed by atoms with Crippen molar-refractivity contribution < 1.29 is 0 Å². The fraction of sp³-hybridized carbons (Fsp3) is 0.250. The molecule has 0 radical (unpaired) electrons. The van der Waals surface area contributed by atoms with Crippen molar-refractivity contribution in [2.24, 2.45) is 5.73 Å². The molecule has 66 valence electrons. The first kappa shape index (κ1) is 10.4. The topological polar surface area (TPSA) is 26.0 Å². The van der Waals surface area contributed by atoms with E-state index in [0.717, 1.165) is 18.7 Å². The SMILES string of the molecule is C=C(C)C(N)c1cc(Br)sc1Br. The summed E-state index contributed by atoms with van der Waals surface area (Å²) in [4.78, 5) is 0. The van der Waals surface area contributed by atoms with Crippen LogP contribution in [-0.4, -0.2) is 0 Å². The summed E-state index contributed by atoms with van der Waals surface area (Å²) in [6.45, 7) is 5.76. The smallest absolute Gasteiger partial charge is 0.0761 e. The second-order valence-corrected chi connectivity index (χ2v) is 6.35. The molecule has 0 aliphatic carbocycles. The lowest BCUT2D eigenvalue weighted by molar-refractivity contribution is 0.851. The molecule has 2 N–H and O–H groups in total. The fourth-order valence-corrected chi connectivity index (χ4v) is 3.76. The van der Waals surface area contributed by atoms with Gasteiger partial charge in [0, 0.05) is 0 Å². The van der Waals surface area contributed by atoms with Gasteiger partial charge < -0.3 is 5.73 Å². The zero-order chi connectivity index (χ0) is 9.30. The highest BCUT2D eigenvalue weighted by Crippen LogP contribution is 2.36. The molecule has 1 atom stereocenters. The van der Waals surface area contributed by atoms with Gasteiger partial charge in [-0.05, 0) is 50.4 Å². The number of nitrogens with two attached hydrogens (primary N) is 1. The van der Waals surface area contributed by atoms with Gasteiger partial charge >= 0.3 is 0 Å². The van der Waals surface area contributed by atoms with Gasteiger partial charge in [-0.2, -0.15) is 0 Å². The van der Waals surface area contributed by atoms with Gasteiger partial charge in [0.2, 0.25) is 0 Å². The van der Waals surface area contributed by atoms with Crippen molar-refractivity contribution in [2.45, 2.75) is 13.0 Å². The average Bonchev–Trinajstić information content (AvgIpc) is 2.28. The number of thiophene rings is 1. The van der Waals surface area contributed by atoms with Crippen LogP contribution < -0.4 is 5.73 Å². The quantitative estimate of drug-likeness (QED) is 0.825. The molecule has 1 aromatic heterocycles. The zero-order valence-electron chi connectivity index (χ0n) is 6.60. The van der Waals surface area contributed by atoms with Crippen LogP contribution in [0.5, 0.6) is 0 Å². The van der Waals surface area contributed by atoms with E-state index in [1.807, 2.05) is 13.0 Å². The predicted octanol–water partition coefficient (Wildman–Crippen LogP) is 3.85. The summed E-state index contributed by atoms with van der Waals surface area (Å²) in [5.41, 5.74) is 7.98. The molecule has 4 heteroatoms. The molecule has 1 heterocycles. The van der Waals surface area contributed by atoms with E-state index in [1.54, 1.807) is 11.3 Å². The maximum Gasteiger partial charge on any atom is 0.0761 e. The Labute approximate surface area is 92.9 Å². The van der Waals surface area contributed by atoms with Crippen LogP contribution in [0.4, 0.5) is 0 Å². The maximum atomic E-state index is 5.91. The molecule has 0 aromatic carbocycles. The molecule has 0 spiro atoms. The highest BCUT2D eigenvalue weighted by molar-refractivity contribution is 9.12. The molecule has 1 nitrogen and oxygen atoms in total. The van der Waals surface area contributed by atoms with Gasteiger partial charge in [-0.25, -0.2) is 0 Å². The molecule has 1 aromatic rings. The van der Waals surface area contributed by atoms with Crippen molar-refractivity contribution in [1.82, 2.24) is 0 Å². The molecule has 12 heavy (non-hydrogen) atoms. The lowest BCUT2D eigenvalue weighted by Crippen LogP contribution is -2.10. The Kier molecular flexibility index (Phi) is 3.52. The maximum absolute atomic E-state index is 5.91. The van der Waals surface area contributed by atoms with Crippen molar-refractivity contribution in [1.29, 1.82) is 0 Å². The third kappa shape index (κ3) is 2.19. The van der Waals surface area contributed by atoms with E-state index in [-0.39, 0.29) is 6.04 Å². The molecular formula is C8H9Br2NS. The molecular weight excluding hydrogens is 302 g/mol. The van der Waals surface area contributed by atoms with Gasteiger partial charge in [-0.1, -0.05) is 12.2 Å². The lowest BCUT2D eigenvalue weighted by Gasteiger charge is -2.09. The molecule has 0 saturated heterocycles. The minimum absolute atomic E-state index is 0.0677. The van der Waals surface area contributed by atoms with E-state index in [2.05, 4.69) is 38.4 Å². The van der Waals surface area contributed by atoms with Crippen molar-refractivity contribution in [2.75, 3.05) is 0 Å². The highest BCUT2D eigenvalue weighted by atomic mass is 79.9. The summed E-state index contributed by atoms with van der Waals surface area (Å²) in [7, 11) is 0. The summed E-state index contributed by atoms with van der Waals surface area (Å²) < 4.78 is 2.16. The van der Waals surface area contributed by atoms with Crippen molar-refractivity contribution >= 4 is 43.2 Å². The first-order valence-corrected chi connectivity index (χ1v) is 5.78. The van der Waals surface area contributed by atoms with E-state index in [1.165, 1.54) is 0 Å². The van der Waals surface area contributed by atoms with Gasteiger partial charge in [0.1, 0.15) is 0 Å². The van der Waals surface area contributed by atoms with Gasteiger partial charge in [-0.15, -0.1) is 11.3 Å². The standard InChI is InChI=1S/C8H9Br2NS/c1-4(2)7(11)5-3-6(9)12-8(5)10/h3,7H,1,11H2,2H3. The molecule has 1 rings (SSSR count). The Morgan fingerprint density at radius 3 is 2.58 bits per heavy atom. The van der Waals surface area contributed by atoms with E-state index in [0.29, 0.717) is 0 Å². The summed E-state index contributed by atoms with van der Waals surface area (Å²) in [6.07, 6.45) is 0. The molecule has 0 bridgehead atoms. The average molecular weight is 311 g/mol. The van der Waals surface area contributed by atoms with Crippen molar-refractivity contribution in [3.8, 4) is 0 Å². The predicted molar refractivity (Wildman–Crippen MR) is 61.5 cm³/mol. The van der Waals surface area contributed by atoms with Gasteiger partial charge in [0.25, 0.3) is 0 Å². The molecule has 0 fully saturated rings. The highest BCUT2D eigenvalue weighted by Gasteiger charge is 2.13. The van der Waals surface area contributed by atoms with Crippen LogP contribution in [0, 0.1) is 0 Å². The second-order valence-electron chi connectivity index (χ2n) is 2.60. The molecule has 0 amide bonds. The first-order valence-electron chi connectivity index (χ1n) is 3.38. The Balaban J connectivity index is 3.02. The third-order valence-electron chi connectivity index (χ3n) is 1.55. The number of rotatable bonds is 2. The van der Waals surface area contributed by atoms with Gasteiger partial charge in [0.05, 0.1) is 13.6 Å². The van der Waals surface area contributed by atoms with Gasteiger partial charge in [-0.3, -0.25) is 0 Å². The number of halogens is 2. The molecule has 0 aliphatic rings. The first-order chi connectivity index (χ1) is 5.52. The van der Waals surface area contributed by atoms with E-state index in [4.69, 9.17) is 5.73 Å². The number of hydrogen-bond donors (Lipinski definition) is 1. The third-order valence-corrected chi connectivity index (χ3v) is 3.93. The van der Waals surface area contributed by atoms with Gasteiger partial charge in [0.15, 0.2) is 0 Å². The normalized spacial score (nSPS) is 13.0. The van der Waals surface area contributed by atoms with E-state index < -0.39 is 0 Å². The Hall–Kier alpha value is 0.360. The van der Waals surface area contributed by atoms with Crippen LogP contribution in [0.25, 0.3) is 0 Å². The van der Waals surface area contributed by atoms with Crippen LogP contribution in [0.15, 0.2) is 25.8 Å². The summed E-state index contributed by atoms with van der Waals surface area (Å²) in [6, 6.07) is 1.95. The summed E-state index contributed by atoms with van der Waals surface area (Å²) in [5.74, 6) is 0. The second kappa shape index (κ2) is 4.05. The van der Waals surface area contributed by atoms with Crippen molar-refractivity contribution in [3.63, 3.8) is 0 Å². The van der Waals surface area contributed by atoms with Crippen LogP contribution in [0.1, 0.15) is 18.5 Å². The zero-order valence-corrected chi connectivity index (χ0v) is 10.6. The van der Waals surface area contributed by atoms with Crippen LogP contribution >= 0.6 is 43.2 Å². The largest absolute Gasteiger partial charge is 0.321 e. The number of hydrogen-bond acceptors (Lipinski definition) is 2. The van der Waals surface area contributed by atoms with E-state index in [9.17, 15) is 0 Å². The van der Waals surface area contributed by atoms with Crippen LogP contribution in [0.2, 0.25) is 0 Å². The monoisotopic (exact) mass is 309 g/mol. The Morgan fingerprint density at radius 1 is 1.67 bits per heavy atom. The Morgan fingerprint density at radius 2 is 2.25 bits per heavy atom.